The number of allylic oxidation sites excluding steroid dienone is 1. The summed E-state index contributed by atoms with van der Waals surface area (Å²) in [6.45, 7) is 8.95. The summed E-state index contributed by atoms with van der Waals surface area (Å²) in [5.41, 5.74) is 0. The van der Waals surface area contributed by atoms with Crippen LogP contribution in [-0.4, -0.2) is 5.78 Å². The Morgan fingerprint density at radius 1 is 1.78 bits per heavy atom. The molecule has 1 atom stereocenters. The fourth-order valence-electron chi connectivity index (χ4n) is 0.650. The van der Waals surface area contributed by atoms with E-state index in [1.54, 1.807) is 0 Å². The molecular weight excluding hydrogens is 112 g/mol. The summed E-state index contributed by atoms with van der Waals surface area (Å²) in [7, 11) is 0. The average molecular weight is 125 g/mol. The number of hydrogen-bond acceptors (Lipinski definition) is 1. The third-order valence-electron chi connectivity index (χ3n) is 1.32. The Hall–Kier alpha value is -0.590. The summed E-state index contributed by atoms with van der Waals surface area (Å²) in [5, 5.41) is 0. The van der Waals surface area contributed by atoms with Gasteiger partial charge in [0.2, 0.25) is 0 Å². The van der Waals surface area contributed by atoms with Crippen LogP contribution in [0, 0.1) is 12.8 Å². The molecular formula is C8H13O. The van der Waals surface area contributed by atoms with Crippen LogP contribution in [0.2, 0.25) is 0 Å². The van der Waals surface area contributed by atoms with Crippen molar-refractivity contribution < 1.29 is 4.79 Å². The second-order valence-electron chi connectivity index (χ2n) is 2.15. The van der Waals surface area contributed by atoms with Crippen molar-refractivity contribution in [3.63, 3.8) is 0 Å². The van der Waals surface area contributed by atoms with Crippen LogP contribution in [0.15, 0.2) is 12.7 Å². The fraction of sp³-hybridized carbons (Fsp3) is 0.500. The van der Waals surface area contributed by atoms with Crippen molar-refractivity contribution >= 4 is 5.78 Å². The van der Waals surface area contributed by atoms with E-state index in [2.05, 4.69) is 13.5 Å². The Balaban J connectivity index is 3.58. The molecule has 0 aromatic heterocycles. The van der Waals surface area contributed by atoms with Crippen molar-refractivity contribution in [2.75, 3.05) is 0 Å². The van der Waals surface area contributed by atoms with E-state index >= 15 is 0 Å². The minimum atomic E-state index is 0.111. The molecule has 9 heavy (non-hydrogen) atoms. The minimum absolute atomic E-state index is 0.111. The molecule has 0 rings (SSSR count). The van der Waals surface area contributed by atoms with E-state index in [1.165, 1.54) is 6.08 Å². The normalized spacial score (nSPS) is 12.7. The zero-order valence-electron chi connectivity index (χ0n) is 5.89. The van der Waals surface area contributed by atoms with Gasteiger partial charge in [-0.1, -0.05) is 26.8 Å². The Morgan fingerprint density at radius 3 is 2.67 bits per heavy atom. The van der Waals surface area contributed by atoms with Gasteiger partial charge in [-0.3, -0.25) is 4.79 Å². The van der Waals surface area contributed by atoms with Gasteiger partial charge in [0.25, 0.3) is 0 Å². The van der Waals surface area contributed by atoms with Gasteiger partial charge in [0.1, 0.15) is 0 Å². The number of carbonyl (C=O) groups excluding carboxylic acids is 1. The number of carbonyl (C=O) groups is 1. The van der Waals surface area contributed by atoms with E-state index in [0.717, 1.165) is 12.8 Å². The number of ketones is 1. The van der Waals surface area contributed by atoms with E-state index in [1.807, 2.05) is 6.92 Å². The van der Waals surface area contributed by atoms with Crippen LogP contribution in [0.4, 0.5) is 0 Å². The van der Waals surface area contributed by atoms with Crippen LogP contribution in [0.1, 0.15) is 19.8 Å². The van der Waals surface area contributed by atoms with Crippen molar-refractivity contribution in [2.24, 2.45) is 5.92 Å². The maximum atomic E-state index is 10.8. The molecule has 0 aliphatic carbocycles. The molecule has 1 nitrogen and oxygen atoms in total. The summed E-state index contributed by atoms with van der Waals surface area (Å²) in [6.07, 6.45) is 3.06. The summed E-state index contributed by atoms with van der Waals surface area (Å²) < 4.78 is 0. The van der Waals surface area contributed by atoms with Crippen LogP contribution in [0.25, 0.3) is 0 Å². The molecule has 0 bridgehead atoms. The Labute approximate surface area is 56.8 Å². The van der Waals surface area contributed by atoms with Gasteiger partial charge in [-0.2, -0.15) is 0 Å². The van der Waals surface area contributed by atoms with Crippen LogP contribution in [-0.2, 0) is 4.79 Å². The van der Waals surface area contributed by atoms with Crippen molar-refractivity contribution in [3.05, 3.63) is 19.6 Å². The van der Waals surface area contributed by atoms with Gasteiger partial charge >= 0.3 is 0 Å². The first-order valence-corrected chi connectivity index (χ1v) is 3.18. The number of rotatable bonds is 4. The molecule has 0 aliphatic rings. The summed E-state index contributed by atoms with van der Waals surface area (Å²) in [6, 6.07) is 0. The predicted molar refractivity (Wildman–Crippen MR) is 39.0 cm³/mol. The first-order chi connectivity index (χ1) is 4.22. The van der Waals surface area contributed by atoms with Gasteiger partial charge in [0.05, 0.1) is 0 Å². The third-order valence-corrected chi connectivity index (χ3v) is 1.32. The maximum Gasteiger partial charge on any atom is 0.157 e. The quantitative estimate of drug-likeness (QED) is 0.525. The Morgan fingerprint density at radius 2 is 2.33 bits per heavy atom. The van der Waals surface area contributed by atoms with E-state index < -0.39 is 0 Å². The fourth-order valence-corrected chi connectivity index (χ4v) is 0.650. The molecule has 0 aliphatic heterocycles. The standard InChI is InChI=1S/C8H13O/c1-4-6-7(3)8(9)5-2/h5,7H,1-2,4,6H2,3H3. The van der Waals surface area contributed by atoms with Gasteiger partial charge in [0, 0.05) is 5.92 Å². The van der Waals surface area contributed by atoms with Crippen LogP contribution in [0.3, 0.4) is 0 Å². The third kappa shape index (κ3) is 3.07. The van der Waals surface area contributed by atoms with E-state index in [9.17, 15) is 4.79 Å². The lowest BCUT2D eigenvalue weighted by Gasteiger charge is -2.02. The van der Waals surface area contributed by atoms with Crippen LogP contribution < -0.4 is 0 Å². The first kappa shape index (κ1) is 8.41. The maximum absolute atomic E-state index is 10.8. The molecule has 0 spiro atoms. The highest BCUT2D eigenvalue weighted by Crippen LogP contribution is 2.05. The van der Waals surface area contributed by atoms with Gasteiger partial charge in [-0.05, 0) is 12.5 Å². The van der Waals surface area contributed by atoms with E-state index in [0.29, 0.717) is 0 Å². The Bertz CT molecular complexity index is 105. The predicted octanol–water partition coefficient (Wildman–Crippen LogP) is 1.99. The molecule has 0 saturated carbocycles. The molecule has 51 valence electrons. The van der Waals surface area contributed by atoms with E-state index in [4.69, 9.17) is 0 Å². The zero-order chi connectivity index (χ0) is 7.28. The lowest BCUT2D eigenvalue weighted by atomic mass is 10.0. The van der Waals surface area contributed by atoms with Gasteiger partial charge in [0.15, 0.2) is 5.78 Å². The van der Waals surface area contributed by atoms with Crippen molar-refractivity contribution in [3.8, 4) is 0 Å². The first-order valence-electron chi connectivity index (χ1n) is 3.18. The molecule has 1 radical (unpaired) electrons. The highest BCUT2D eigenvalue weighted by atomic mass is 16.1. The van der Waals surface area contributed by atoms with E-state index in [-0.39, 0.29) is 11.7 Å². The molecule has 0 aromatic rings. The summed E-state index contributed by atoms with van der Waals surface area (Å²) in [5.74, 6) is 0.235. The summed E-state index contributed by atoms with van der Waals surface area (Å²) in [4.78, 5) is 10.8. The Kier molecular flexibility index (Phi) is 4.02. The van der Waals surface area contributed by atoms with Crippen LogP contribution in [0.5, 0.6) is 0 Å². The molecule has 0 N–H and O–H groups in total. The molecule has 1 heteroatoms. The number of hydrogen-bond donors (Lipinski definition) is 0. The van der Waals surface area contributed by atoms with Gasteiger partial charge < -0.3 is 0 Å². The van der Waals surface area contributed by atoms with Crippen molar-refractivity contribution in [1.82, 2.24) is 0 Å². The van der Waals surface area contributed by atoms with Gasteiger partial charge in [-0.15, -0.1) is 0 Å². The second-order valence-corrected chi connectivity index (χ2v) is 2.15. The topological polar surface area (TPSA) is 17.1 Å². The zero-order valence-corrected chi connectivity index (χ0v) is 5.89. The highest BCUT2D eigenvalue weighted by Gasteiger charge is 2.05. The second kappa shape index (κ2) is 4.30. The SMILES string of the molecule is [CH2]CCC(C)C(=O)C=C. The van der Waals surface area contributed by atoms with Crippen molar-refractivity contribution in [2.45, 2.75) is 19.8 Å². The van der Waals surface area contributed by atoms with Crippen molar-refractivity contribution in [1.29, 1.82) is 0 Å². The molecule has 0 saturated heterocycles. The lowest BCUT2D eigenvalue weighted by molar-refractivity contribution is -0.117. The molecule has 0 fully saturated rings. The average Bonchev–Trinajstić information content (AvgIpc) is 1.87. The largest absolute Gasteiger partial charge is 0.295 e. The van der Waals surface area contributed by atoms with Crippen LogP contribution >= 0.6 is 0 Å². The lowest BCUT2D eigenvalue weighted by Crippen LogP contribution is -2.06. The van der Waals surface area contributed by atoms with Gasteiger partial charge in [-0.25, -0.2) is 0 Å². The minimum Gasteiger partial charge on any atom is -0.295 e. The highest BCUT2D eigenvalue weighted by molar-refractivity contribution is 5.90. The molecule has 0 aromatic carbocycles. The summed E-state index contributed by atoms with van der Waals surface area (Å²) >= 11 is 0. The molecule has 1 unspecified atom stereocenters. The smallest absolute Gasteiger partial charge is 0.157 e. The monoisotopic (exact) mass is 125 g/mol. The molecule has 0 heterocycles. The molecule has 0 amide bonds.